The molecule has 7 heteroatoms. The van der Waals surface area contributed by atoms with Gasteiger partial charge in [-0.25, -0.2) is 4.98 Å². The first-order valence-electron chi connectivity index (χ1n) is 8.92. The van der Waals surface area contributed by atoms with Gasteiger partial charge in [-0.2, -0.15) is 0 Å². The smallest absolute Gasteiger partial charge is 0.178 e. The number of nitrogens with zero attached hydrogens (tertiary/aromatic N) is 4. The normalized spacial score (nSPS) is 10.9. The summed E-state index contributed by atoms with van der Waals surface area (Å²) in [5, 5.41) is 1.64. The van der Waals surface area contributed by atoms with Crippen molar-refractivity contribution in [3.05, 3.63) is 77.7 Å². The molecule has 4 rings (SSSR count). The molecule has 0 radical (unpaired) electrons. The highest BCUT2D eigenvalue weighted by atomic mass is 35.5. The van der Waals surface area contributed by atoms with E-state index in [1.807, 2.05) is 60.1 Å². The van der Waals surface area contributed by atoms with E-state index in [0.29, 0.717) is 10.7 Å². The minimum atomic E-state index is -0.0671. The lowest BCUT2D eigenvalue weighted by Gasteiger charge is -2.07. The second-order valence-corrected chi connectivity index (χ2v) is 7.91. The molecule has 0 saturated heterocycles. The van der Waals surface area contributed by atoms with Crippen molar-refractivity contribution in [3.8, 4) is 22.8 Å². The van der Waals surface area contributed by atoms with E-state index in [-0.39, 0.29) is 5.78 Å². The summed E-state index contributed by atoms with van der Waals surface area (Å²) in [6, 6.07) is 17.0. The Morgan fingerprint density at radius 2 is 1.83 bits per heavy atom. The fourth-order valence-corrected chi connectivity index (χ4v) is 3.97. The predicted octanol–water partition coefficient (Wildman–Crippen LogP) is 5.55. The van der Waals surface area contributed by atoms with E-state index in [2.05, 4.69) is 9.97 Å². The van der Waals surface area contributed by atoms with Crippen LogP contribution < -0.4 is 0 Å². The van der Waals surface area contributed by atoms with Gasteiger partial charge in [-0.1, -0.05) is 29.4 Å². The van der Waals surface area contributed by atoms with Crippen molar-refractivity contribution < 1.29 is 4.79 Å². The third-order valence-electron chi connectivity index (χ3n) is 4.36. The number of carbonyl (C=O) groups excluding carboxylic acids is 1. The van der Waals surface area contributed by atoms with Gasteiger partial charge in [0.15, 0.2) is 11.6 Å². The number of hydrogen-bond donors (Lipinski definition) is 0. The van der Waals surface area contributed by atoms with Crippen molar-refractivity contribution in [2.45, 2.75) is 16.8 Å². The first-order valence-corrected chi connectivity index (χ1v) is 10.1. The second kappa shape index (κ2) is 8.19. The van der Waals surface area contributed by atoms with Crippen LogP contribution in [0.3, 0.4) is 0 Å². The fraction of sp³-hybridized carbons (Fsp3) is 0.0909. The zero-order chi connectivity index (χ0) is 20.4. The van der Waals surface area contributed by atoms with Gasteiger partial charge in [0.05, 0.1) is 0 Å². The molecule has 0 spiro atoms. The van der Waals surface area contributed by atoms with Gasteiger partial charge < -0.3 is 4.57 Å². The van der Waals surface area contributed by atoms with Gasteiger partial charge >= 0.3 is 0 Å². The highest BCUT2D eigenvalue weighted by Gasteiger charge is 2.20. The first kappa shape index (κ1) is 19.4. The SMILES string of the molecule is CC(=O)c1ccc(-c2nc(-c3ccccn3)n(C)c2Sc2ccc(Cl)cc2)cn1. The Bertz CT molecular complexity index is 1160. The molecule has 29 heavy (non-hydrogen) atoms. The number of benzene rings is 1. The highest BCUT2D eigenvalue weighted by molar-refractivity contribution is 7.99. The van der Waals surface area contributed by atoms with Crippen molar-refractivity contribution in [1.29, 1.82) is 0 Å². The van der Waals surface area contributed by atoms with E-state index < -0.39 is 0 Å². The number of aromatic nitrogens is 4. The van der Waals surface area contributed by atoms with Crippen molar-refractivity contribution in [3.63, 3.8) is 0 Å². The van der Waals surface area contributed by atoms with Crippen molar-refractivity contribution in [2.24, 2.45) is 7.05 Å². The Kier molecular flexibility index (Phi) is 5.47. The molecule has 0 saturated carbocycles. The maximum Gasteiger partial charge on any atom is 0.178 e. The van der Waals surface area contributed by atoms with E-state index in [4.69, 9.17) is 16.6 Å². The quantitative estimate of drug-likeness (QED) is 0.396. The first-order chi connectivity index (χ1) is 14.0. The summed E-state index contributed by atoms with van der Waals surface area (Å²) in [5.74, 6) is 0.690. The van der Waals surface area contributed by atoms with Crippen LogP contribution in [0.2, 0.25) is 5.02 Å². The molecule has 0 amide bonds. The maximum absolute atomic E-state index is 11.6. The molecule has 0 bridgehead atoms. The number of Topliss-reactive ketones (excluding diaryl/α,β-unsaturated/α-hetero) is 1. The van der Waals surface area contributed by atoms with Crippen LogP contribution in [-0.4, -0.2) is 25.3 Å². The monoisotopic (exact) mass is 420 g/mol. The average Bonchev–Trinajstić information content (AvgIpc) is 3.06. The molecule has 144 valence electrons. The lowest BCUT2D eigenvalue weighted by Crippen LogP contribution is -1.96. The van der Waals surface area contributed by atoms with Gasteiger partial charge in [0, 0.05) is 41.8 Å². The molecule has 0 aliphatic heterocycles. The zero-order valence-electron chi connectivity index (χ0n) is 15.8. The van der Waals surface area contributed by atoms with Gasteiger partial charge in [0.1, 0.15) is 22.1 Å². The maximum atomic E-state index is 11.6. The summed E-state index contributed by atoms with van der Waals surface area (Å²) in [5.41, 5.74) is 2.84. The fourth-order valence-electron chi connectivity index (χ4n) is 2.87. The molecule has 1 aromatic carbocycles. The number of hydrogen-bond acceptors (Lipinski definition) is 5. The summed E-state index contributed by atoms with van der Waals surface area (Å²) in [4.78, 5) is 26.2. The molecule has 4 aromatic rings. The molecule has 3 heterocycles. The molecular formula is C22H17ClN4OS. The minimum absolute atomic E-state index is 0.0671. The highest BCUT2D eigenvalue weighted by Crippen LogP contribution is 2.38. The van der Waals surface area contributed by atoms with Crippen molar-refractivity contribution in [2.75, 3.05) is 0 Å². The number of halogens is 1. The lowest BCUT2D eigenvalue weighted by molar-refractivity contribution is 0.101. The van der Waals surface area contributed by atoms with Gasteiger partial charge in [-0.15, -0.1) is 0 Å². The Morgan fingerprint density at radius 3 is 2.45 bits per heavy atom. The van der Waals surface area contributed by atoms with Gasteiger partial charge in [0.2, 0.25) is 0 Å². The third-order valence-corrected chi connectivity index (χ3v) is 5.78. The van der Waals surface area contributed by atoms with Crippen LogP contribution >= 0.6 is 23.4 Å². The predicted molar refractivity (Wildman–Crippen MR) is 115 cm³/mol. The molecule has 3 aromatic heterocycles. The topological polar surface area (TPSA) is 60.7 Å². The summed E-state index contributed by atoms with van der Waals surface area (Å²) in [6.45, 7) is 1.50. The van der Waals surface area contributed by atoms with E-state index in [1.165, 1.54) is 6.92 Å². The molecule has 0 atom stereocenters. The van der Waals surface area contributed by atoms with Crippen LogP contribution in [0.15, 0.2) is 76.9 Å². The van der Waals surface area contributed by atoms with Crippen LogP contribution in [0.25, 0.3) is 22.8 Å². The van der Waals surface area contributed by atoms with Gasteiger partial charge in [-0.3, -0.25) is 14.8 Å². The van der Waals surface area contributed by atoms with E-state index >= 15 is 0 Å². The van der Waals surface area contributed by atoms with Crippen LogP contribution in [0.5, 0.6) is 0 Å². The minimum Gasteiger partial charge on any atom is -0.320 e. The number of ketones is 1. The lowest BCUT2D eigenvalue weighted by atomic mass is 10.2. The number of imidazole rings is 1. The molecule has 5 nitrogen and oxygen atoms in total. The molecule has 0 fully saturated rings. The van der Waals surface area contributed by atoms with E-state index in [0.717, 1.165) is 32.7 Å². The number of rotatable bonds is 5. The van der Waals surface area contributed by atoms with E-state index in [9.17, 15) is 4.79 Å². The van der Waals surface area contributed by atoms with E-state index in [1.54, 1.807) is 30.2 Å². The molecule has 0 N–H and O–H groups in total. The molecule has 0 aliphatic rings. The Labute approximate surface area is 177 Å². The average molecular weight is 421 g/mol. The molecule has 0 aliphatic carbocycles. The molecule has 0 unspecified atom stereocenters. The number of pyridine rings is 2. The Hall–Kier alpha value is -2.96. The summed E-state index contributed by atoms with van der Waals surface area (Å²) >= 11 is 7.62. The Balaban J connectivity index is 1.83. The largest absolute Gasteiger partial charge is 0.320 e. The molecular weight excluding hydrogens is 404 g/mol. The standard InChI is InChI=1S/C22H17ClN4OS/c1-14(28)18-11-6-15(13-25-18)20-22(29-17-9-7-16(23)8-10-17)27(2)21(26-20)19-5-3-4-12-24-19/h3-13H,1-2H3. The van der Waals surface area contributed by atoms with Crippen molar-refractivity contribution >= 4 is 29.1 Å². The van der Waals surface area contributed by atoms with Crippen LogP contribution in [0.4, 0.5) is 0 Å². The van der Waals surface area contributed by atoms with Gasteiger partial charge in [-0.05, 0) is 48.5 Å². The van der Waals surface area contributed by atoms with Gasteiger partial charge in [0.25, 0.3) is 0 Å². The summed E-state index contributed by atoms with van der Waals surface area (Å²) in [6.07, 6.45) is 3.44. The summed E-state index contributed by atoms with van der Waals surface area (Å²) in [7, 11) is 1.97. The van der Waals surface area contributed by atoms with Crippen LogP contribution in [-0.2, 0) is 7.05 Å². The third kappa shape index (κ3) is 4.09. The number of carbonyl (C=O) groups is 1. The van der Waals surface area contributed by atoms with Crippen LogP contribution in [0, 0.1) is 0 Å². The second-order valence-electron chi connectivity index (χ2n) is 6.41. The Morgan fingerprint density at radius 1 is 1.03 bits per heavy atom. The van der Waals surface area contributed by atoms with Crippen LogP contribution in [0.1, 0.15) is 17.4 Å². The summed E-state index contributed by atoms with van der Waals surface area (Å²) < 4.78 is 2.02. The van der Waals surface area contributed by atoms with Crippen molar-refractivity contribution in [1.82, 2.24) is 19.5 Å². The zero-order valence-corrected chi connectivity index (χ0v) is 17.4.